The third kappa shape index (κ3) is 4.01. The van der Waals surface area contributed by atoms with Crippen LogP contribution in [0.1, 0.15) is 18.4 Å². The molecule has 2 aliphatic rings. The molecule has 47 heavy (non-hydrogen) atoms. The molecule has 0 saturated heterocycles. The van der Waals surface area contributed by atoms with Crippen LogP contribution in [0.4, 0.5) is 0 Å². The molecule has 8 aromatic rings. The summed E-state index contributed by atoms with van der Waals surface area (Å²) in [5.41, 5.74) is 8.09. The zero-order chi connectivity index (χ0) is 31.1. The Balaban J connectivity index is 1.39. The second-order valence-electron chi connectivity index (χ2n) is 12.6. The maximum atomic E-state index is 5.36. The molecule has 3 heterocycles. The third-order valence-electron chi connectivity index (χ3n) is 9.79. The average molecular weight is 620 g/mol. The Kier molecular flexibility index (Phi) is 5.85. The van der Waals surface area contributed by atoms with Crippen molar-refractivity contribution in [2.45, 2.75) is 23.0 Å². The van der Waals surface area contributed by atoms with E-state index in [1.807, 2.05) is 17.8 Å². The van der Waals surface area contributed by atoms with Gasteiger partial charge < -0.3 is 0 Å². The molecule has 2 unspecified atom stereocenters. The van der Waals surface area contributed by atoms with Crippen molar-refractivity contribution in [2.24, 2.45) is 0 Å². The number of benzene rings is 6. The van der Waals surface area contributed by atoms with E-state index in [2.05, 4.69) is 151 Å². The predicted octanol–water partition coefficient (Wildman–Crippen LogP) is 11.3. The van der Waals surface area contributed by atoms with Crippen LogP contribution in [0.2, 0.25) is 0 Å². The molecule has 2 atom stereocenters. The summed E-state index contributed by atoms with van der Waals surface area (Å²) in [5, 5.41) is 8.04. The molecule has 1 aliphatic carbocycles. The molecular formula is C43H29N3S. The summed E-state index contributed by atoms with van der Waals surface area (Å²) in [7, 11) is 0. The van der Waals surface area contributed by atoms with Gasteiger partial charge in [-0.15, -0.1) is 11.8 Å². The fourth-order valence-corrected chi connectivity index (χ4v) is 9.18. The molecule has 3 nitrogen and oxygen atoms in total. The van der Waals surface area contributed by atoms with Crippen molar-refractivity contribution < 1.29 is 0 Å². The number of hydrogen-bond donors (Lipinski definition) is 0. The first-order valence-corrected chi connectivity index (χ1v) is 17.0. The van der Waals surface area contributed by atoms with Gasteiger partial charge in [0.05, 0.1) is 16.7 Å². The molecule has 0 spiro atoms. The van der Waals surface area contributed by atoms with Gasteiger partial charge in [-0.25, -0.2) is 9.97 Å². The molecular weight excluding hydrogens is 591 g/mol. The molecule has 0 fully saturated rings. The van der Waals surface area contributed by atoms with Crippen LogP contribution in [-0.4, -0.2) is 19.8 Å². The summed E-state index contributed by atoms with van der Waals surface area (Å²) in [6, 6.07) is 45.4. The summed E-state index contributed by atoms with van der Waals surface area (Å²) in [6.45, 7) is 2.21. The lowest BCUT2D eigenvalue weighted by molar-refractivity contribution is 0.872. The fourth-order valence-electron chi connectivity index (χ4n) is 7.71. The molecule has 4 heteroatoms. The minimum atomic E-state index is 0.378. The van der Waals surface area contributed by atoms with E-state index in [-0.39, 0.29) is 0 Å². The highest BCUT2D eigenvalue weighted by Gasteiger charge is 2.35. The molecule has 0 radical (unpaired) electrons. The molecule has 222 valence electrons. The van der Waals surface area contributed by atoms with Gasteiger partial charge in [0, 0.05) is 49.4 Å². The summed E-state index contributed by atoms with van der Waals surface area (Å²) in [5.74, 6) is 1.96. The van der Waals surface area contributed by atoms with Gasteiger partial charge in [-0.2, -0.15) is 0 Å². The SMILES string of the molecule is CC1=CC2c3ccc4c(c3SC2C=C1)c1c2ccccc2c2ccccc2c1n4-c1cc(-c2ccccc2)nc(-c2ccccc2)n1. The van der Waals surface area contributed by atoms with Gasteiger partial charge in [0.15, 0.2) is 5.82 Å². The molecule has 2 aromatic heterocycles. The lowest BCUT2D eigenvalue weighted by Crippen LogP contribution is -2.08. The van der Waals surface area contributed by atoms with Gasteiger partial charge in [0.1, 0.15) is 5.82 Å². The van der Waals surface area contributed by atoms with Crippen LogP contribution < -0.4 is 0 Å². The van der Waals surface area contributed by atoms with Crippen LogP contribution in [0, 0.1) is 0 Å². The van der Waals surface area contributed by atoms with E-state index < -0.39 is 0 Å². The lowest BCUT2D eigenvalue weighted by atomic mass is 9.89. The van der Waals surface area contributed by atoms with Crippen LogP contribution >= 0.6 is 11.8 Å². The first kappa shape index (κ1) is 26.7. The maximum absolute atomic E-state index is 5.36. The van der Waals surface area contributed by atoms with E-state index in [1.54, 1.807) is 0 Å². The zero-order valence-electron chi connectivity index (χ0n) is 25.8. The van der Waals surface area contributed by atoms with Crippen molar-refractivity contribution in [2.75, 3.05) is 0 Å². The highest BCUT2D eigenvalue weighted by molar-refractivity contribution is 8.00. The number of thioether (sulfide) groups is 1. The number of rotatable bonds is 3. The Morgan fingerprint density at radius 2 is 1.30 bits per heavy atom. The van der Waals surface area contributed by atoms with Gasteiger partial charge in [0.2, 0.25) is 0 Å². The third-order valence-corrected chi connectivity index (χ3v) is 11.2. The van der Waals surface area contributed by atoms with Crippen molar-refractivity contribution in [1.82, 2.24) is 14.5 Å². The summed E-state index contributed by atoms with van der Waals surface area (Å²) in [4.78, 5) is 11.9. The highest BCUT2D eigenvalue weighted by Crippen LogP contribution is 2.54. The molecule has 6 aromatic carbocycles. The van der Waals surface area contributed by atoms with Crippen LogP contribution in [0.3, 0.4) is 0 Å². The van der Waals surface area contributed by atoms with Crippen molar-refractivity contribution in [3.05, 3.63) is 157 Å². The van der Waals surface area contributed by atoms with Crippen LogP contribution in [0.15, 0.2) is 156 Å². The number of hydrogen-bond acceptors (Lipinski definition) is 3. The van der Waals surface area contributed by atoms with Crippen LogP contribution in [0.25, 0.3) is 71.8 Å². The van der Waals surface area contributed by atoms with Gasteiger partial charge in [-0.3, -0.25) is 4.57 Å². The summed E-state index contributed by atoms with van der Waals surface area (Å²) < 4.78 is 2.42. The second-order valence-corrected chi connectivity index (χ2v) is 13.8. The molecule has 1 aliphatic heterocycles. The van der Waals surface area contributed by atoms with E-state index in [4.69, 9.17) is 9.97 Å². The summed E-state index contributed by atoms with van der Waals surface area (Å²) in [6.07, 6.45) is 7.12. The molecule has 0 bridgehead atoms. The van der Waals surface area contributed by atoms with Gasteiger partial charge in [0.25, 0.3) is 0 Å². The lowest BCUT2D eigenvalue weighted by Gasteiger charge is -2.17. The number of aromatic nitrogens is 3. The topological polar surface area (TPSA) is 30.7 Å². The van der Waals surface area contributed by atoms with Crippen LogP contribution in [-0.2, 0) is 0 Å². The fraction of sp³-hybridized carbons (Fsp3) is 0.0698. The van der Waals surface area contributed by atoms with E-state index >= 15 is 0 Å². The predicted molar refractivity (Wildman–Crippen MR) is 198 cm³/mol. The standard InChI is InChI=1S/C43H29N3S/c1-26-20-23-37-34(24-26)33-21-22-36-40(42(33)47-37)39-31-18-10-8-16-29(31)30-17-9-11-19-32(30)41(39)46(36)38-25-35(27-12-4-2-5-13-27)44-43(45-38)28-14-6-3-7-15-28/h2-25,34,37H,1H3. The average Bonchev–Trinajstić information content (AvgIpc) is 3.68. The number of nitrogens with zero attached hydrogens (tertiary/aromatic N) is 3. The Hall–Kier alpha value is -5.45. The minimum Gasteiger partial charge on any atom is -0.293 e. The van der Waals surface area contributed by atoms with E-state index in [0.29, 0.717) is 17.0 Å². The normalized spacial score (nSPS) is 17.0. The zero-order valence-corrected chi connectivity index (χ0v) is 26.6. The smallest absolute Gasteiger partial charge is 0.162 e. The van der Waals surface area contributed by atoms with Crippen molar-refractivity contribution >= 4 is 55.1 Å². The maximum Gasteiger partial charge on any atom is 0.162 e. The van der Waals surface area contributed by atoms with Gasteiger partial charge in [-0.05, 0) is 34.7 Å². The van der Waals surface area contributed by atoms with E-state index in [9.17, 15) is 0 Å². The number of fused-ring (bicyclic) bond motifs is 12. The van der Waals surface area contributed by atoms with E-state index in [0.717, 1.165) is 22.6 Å². The van der Waals surface area contributed by atoms with Crippen molar-refractivity contribution in [1.29, 1.82) is 0 Å². The second kappa shape index (κ2) is 10.3. The molecule has 0 saturated carbocycles. The Morgan fingerprint density at radius 1 is 0.638 bits per heavy atom. The Labute approximate surface area is 276 Å². The molecule has 0 N–H and O–H groups in total. The first-order chi connectivity index (χ1) is 23.2. The van der Waals surface area contributed by atoms with Gasteiger partial charge in [-0.1, -0.05) is 139 Å². The monoisotopic (exact) mass is 619 g/mol. The van der Waals surface area contributed by atoms with E-state index in [1.165, 1.54) is 59.4 Å². The highest BCUT2D eigenvalue weighted by atomic mass is 32.2. The largest absolute Gasteiger partial charge is 0.293 e. The van der Waals surface area contributed by atoms with Crippen molar-refractivity contribution in [3.8, 4) is 28.5 Å². The minimum absolute atomic E-state index is 0.378. The first-order valence-electron chi connectivity index (χ1n) is 16.2. The van der Waals surface area contributed by atoms with Gasteiger partial charge >= 0.3 is 0 Å². The molecule has 10 rings (SSSR count). The number of allylic oxidation sites excluding steroid dienone is 3. The Morgan fingerprint density at radius 3 is 2.06 bits per heavy atom. The van der Waals surface area contributed by atoms with Crippen molar-refractivity contribution in [3.63, 3.8) is 0 Å². The molecule has 0 amide bonds. The quantitative estimate of drug-likeness (QED) is 0.184. The summed E-state index contributed by atoms with van der Waals surface area (Å²) >= 11 is 2.01. The van der Waals surface area contributed by atoms with Crippen LogP contribution in [0.5, 0.6) is 0 Å². The Bertz CT molecular complexity index is 2560.